The number of aryl methyl sites for hydroxylation is 1. The van der Waals surface area contributed by atoms with Crippen LogP contribution in [0.1, 0.15) is 28.8 Å². The van der Waals surface area contributed by atoms with Crippen molar-refractivity contribution in [2.45, 2.75) is 25.8 Å². The average Bonchev–Trinajstić information content (AvgIpc) is 2.77. The Morgan fingerprint density at radius 2 is 2.17 bits per heavy atom. The lowest BCUT2D eigenvalue weighted by atomic mass is 10.1. The van der Waals surface area contributed by atoms with E-state index in [4.69, 9.17) is 5.11 Å². The molecule has 0 aliphatic carbocycles. The molecule has 1 fully saturated rings. The smallest absolute Gasteiger partial charge is 0.326 e. The van der Waals surface area contributed by atoms with Gasteiger partial charge in [0.25, 0.3) is 5.91 Å². The third-order valence-electron chi connectivity index (χ3n) is 3.15. The molecule has 0 saturated carbocycles. The highest BCUT2D eigenvalue weighted by Crippen LogP contribution is 2.21. The van der Waals surface area contributed by atoms with Gasteiger partial charge < -0.3 is 10.0 Å². The molecule has 1 aromatic carbocycles. The van der Waals surface area contributed by atoms with Gasteiger partial charge in [-0.3, -0.25) is 4.79 Å². The number of hydrogen-bond donors (Lipinski definition) is 1. The molecule has 1 aliphatic heterocycles. The second-order valence-electron chi connectivity index (χ2n) is 4.48. The zero-order valence-electron chi connectivity index (χ0n) is 10.0. The fourth-order valence-electron chi connectivity index (χ4n) is 2.21. The highest BCUT2D eigenvalue weighted by Gasteiger charge is 2.35. The van der Waals surface area contributed by atoms with Crippen LogP contribution in [0.25, 0.3) is 0 Å². The van der Waals surface area contributed by atoms with Crippen molar-refractivity contribution in [2.24, 2.45) is 0 Å². The summed E-state index contributed by atoms with van der Waals surface area (Å²) < 4.78 is 13.7. The molecule has 1 aromatic rings. The summed E-state index contributed by atoms with van der Waals surface area (Å²) in [6.07, 6.45) is 1.06. The third-order valence-corrected chi connectivity index (χ3v) is 3.15. The number of amides is 1. The molecule has 1 heterocycles. The highest BCUT2D eigenvalue weighted by molar-refractivity contribution is 5.97. The first-order valence-corrected chi connectivity index (χ1v) is 5.80. The fraction of sp³-hybridized carbons (Fsp3) is 0.385. The van der Waals surface area contributed by atoms with Gasteiger partial charge in [0, 0.05) is 6.54 Å². The summed E-state index contributed by atoms with van der Waals surface area (Å²) in [5.41, 5.74) is 0.661. The van der Waals surface area contributed by atoms with E-state index >= 15 is 0 Å². The van der Waals surface area contributed by atoms with Crippen LogP contribution < -0.4 is 0 Å². The van der Waals surface area contributed by atoms with Crippen LogP contribution in [0.3, 0.4) is 0 Å². The topological polar surface area (TPSA) is 57.6 Å². The predicted octanol–water partition coefficient (Wildman–Crippen LogP) is 1.82. The molecule has 1 amide bonds. The highest BCUT2D eigenvalue weighted by atomic mass is 19.1. The largest absolute Gasteiger partial charge is 0.480 e. The van der Waals surface area contributed by atoms with Gasteiger partial charge in [-0.05, 0) is 37.5 Å². The molecule has 1 aliphatic rings. The van der Waals surface area contributed by atoms with Gasteiger partial charge in [0.05, 0.1) is 5.56 Å². The Morgan fingerprint density at radius 3 is 2.78 bits per heavy atom. The Kier molecular flexibility index (Phi) is 3.32. The van der Waals surface area contributed by atoms with Gasteiger partial charge in [-0.1, -0.05) is 6.07 Å². The number of carbonyl (C=O) groups excluding carboxylic acids is 1. The second kappa shape index (κ2) is 4.76. The Labute approximate surface area is 104 Å². The van der Waals surface area contributed by atoms with Crippen molar-refractivity contribution in [1.29, 1.82) is 0 Å². The van der Waals surface area contributed by atoms with E-state index in [-0.39, 0.29) is 5.56 Å². The van der Waals surface area contributed by atoms with Gasteiger partial charge in [0.15, 0.2) is 0 Å². The van der Waals surface area contributed by atoms with Gasteiger partial charge in [0.1, 0.15) is 11.9 Å². The van der Waals surface area contributed by atoms with Crippen LogP contribution in [-0.4, -0.2) is 34.5 Å². The van der Waals surface area contributed by atoms with E-state index in [1.165, 1.54) is 17.0 Å². The van der Waals surface area contributed by atoms with Crippen LogP contribution in [0, 0.1) is 12.7 Å². The van der Waals surface area contributed by atoms with Crippen LogP contribution >= 0.6 is 0 Å². The molecule has 0 aromatic heterocycles. The molecule has 0 spiro atoms. The number of carboxylic acids is 1. The molecule has 1 saturated heterocycles. The first-order valence-electron chi connectivity index (χ1n) is 5.80. The molecular weight excluding hydrogens is 237 g/mol. The lowest BCUT2D eigenvalue weighted by molar-refractivity contribution is -0.141. The molecule has 5 heteroatoms. The van der Waals surface area contributed by atoms with Crippen LogP contribution in [0.15, 0.2) is 18.2 Å². The van der Waals surface area contributed by atoms with Crippen molar-refractivity contribution >= 4 is 11.9 Å². The molecular formula is C13H14FNO3. The number of aliphatic carboxylic acids is 1. The summed E-state index contributed by atoms with van der Waals surface area (Å²) in [5, 5.41) is 9.01. The number of likely N-dealkylation sites (tertiary alicyclic amines) is 1. The van der Waals surface area contributed by atoms with E-state index in [2.05, 4.69) is 0 Å². The van der Waals surface area contributed by atoms with Crippen molar-refractivity contribution in [3.05, 3.63) is 35.1 Å². The number of benzene rings is 1. The van der Waals surface area contributed by atoms with Gasteiger partial charge in [-0.2, -0.15) is 0 Å². The van der Waals surface area contributed by atoms with Gasteiger partial charge in [0.2, 0.25) is 0 Å². The van der Waals surface area contributed by atoms with Crippen LogP contribution in [0.2, 0.25) is 0 Å². The van der Waals surface area contributed by atoms with E-state index in [9.17, 15) is 14.0 Å². The zero-order chi connectivity index (χ0) is 13.3. The summed E-state index contributed by atoms with van der Waals surface area (Å²) in [5.74, 6) is -2.18. The Balaban J connectivity index is 2.28. The lowest BCUT2D eigenvalue weighted by Crippen LogP contribution is -2.40. The number of halogens is 1. The number of carbonyl (C=O) groups is 2. The third kappa shape index (κ3) is 2.20. The normalized spacial score (nSPS) is 19.0. The summed E-state index contributed by atoms with van der Waals surface area (Å²) in [4.78, 5) is 24.3. The van der Waals surface area contributed by atoms with Gasteiger partial charge in [-0.15, -0.1) is 0 Å². The number of hydrogen-bond acceptors (Lipinski definition) is 2. The molecule has 0 radical (unpaired) electrons. The second-order valence-corrected chi connectivity index (χ2v) is 4.48. The molecule has 1 atom stereocenters. The molecule has 1 N–H and O–H groups in total. The number of nitrogens with zero attached hydrogens (tertiary/aromatic N) is 1. The quantitative estimate of drug-likeness (QED) is 0.872. The minimum Gasteiger partial charge on any atom is -0.480 e. The van der Waals surface area contributed by atoms with Crippen molar-refractivity contribution < 1.29 is 19.1 Å². The maximum atomic E-state index is 13.7. The Morgan fingerprint density at radius 1 is 1.44 bits per heavy atom. The predicted molar refractivity (Wildman–Crippen MR) is 62.8 cm³/mol. The van der Waals surface area contributed by atoms with Gasteiger partial charge >= 0.3 is 5.97 Å². The van der Waals surface area contributed by atoms with Crippen molar-refractivity contribution in [2.75, 3.05) is 6.54 Å². The van der Waals surface area contributed by atoms with E-state index in [1.54, 1.807) is 13.0 Å². The zero-order valence-corrected chi connectivity index (χ0v) is 10.0. The SMILES string of the molecule is Cc1ccc(C(=O)N2CCCC2C(=O)O)c(F)c1. The molecule has 4 nitrogen and oxygen atoms in total. The van der Waals surface area contributed by atoms with Crippen LogP contribution in [-0.2, 0) is 4.79 Å². The van der Waals surface area contributed by atoms with Crippen molar-refractivity contribution in [3.63, 3.8) is 0 Å². The summed E-state index contributed by atoms with van der Waals surface area (Å²) >= 11 is 0. The molecule has 18 heavy (non-hydrogen) atoms. The Hall–Kier alpha value is -1.91. The standard InChI is InChI=1S/C13H14FNO3/c1-8-4-5-9(10(14)7-8)12(16)15-6-2-3-11(15)13(17)18/h4-5,7,11H,2-3,6H2,1H3,(H,17,18). The number of rotatable bonds is 2. The van der Waals surface area contributed by atoms with E-state index in [1.807, 2.05) is 0 Å². The minimum atomic E-state index is -1.03. The van der Waals surface area contributed by atoms with E-state index < -0.39 is 23.7 Å². The van der Waals surface area contributed by atoms with Crippen molar-refractivity contribution in [3.8, 4) is 0 Å². The number of carboxylic acid groups (broad SMARTS) is 1. The Bertz CT molecular complexity index is 501. The van der Waals surface area contributed by atoms with E-state index in [0.717, 1.165) is 5.56 Å². The molecule has 0 bridgehead atoms. The molecule has 2 rings (SSSR count). The summed E-state index contributed by atoms with van der Waals surface area (Å²) in [7, 11) is 0. The molecule has 1 unspecified atom stereocenters. The maximum absolute atomic E-state index is 13.7. The van der Waals surface area contributed by atoms with Crippen LogP contribution in [0.4, 0.5) is 4.39 Å². The first-order chi connectivity index (χ1) is 8.50. The minimum absolute atomic E-state index is 0.0613. The van der Waals surface area contributed by atoms with Crippen molar-refractivity contribution in [1.82, 2.24) is 4.90 Å². The lowest BCUT2D eigenvalue weighted by Gasteiger charge is -2.21. The molecule has 96 valence electrons. The summed E-state index contributed by atoms with van der Waals surface area (Å²) in [6, 6.07) is 3.49. The maximum Gasteiger partial charge on any atom is 0.326 e. The fourth-order valence-corrected chi connectivity index (χ4v) is 2.21. The monoisotopic (exact) mass is 251 g/mol. The van der Waals surface area contributed by atoms with E-state index in [0.29, 0.717) is 19.4 Å². The van der Waals surface area contributed by atoms with Crippen LogP contribution in [0.5, 0.6) is 0 Å². The van der Waals surface area contributed by atoms with Gasteiger partial charge in [-0.25, -0.2) is 9.18 Å². The first kappa shape index (κ1) is 12.5. The summed E-state index contributed by atoms with van der Waals surface area (Å²) in [6.45, 7) is 2.09. The average molecular weight is 251 g/mol.